The van der Waals surface area contributed by atoms with Crippen LogP contribution in [0.25, 0.3) is 10.9 Å². The van der Waals surface area contributed by atoms with Gasteiger partial charge in [0.15, 0.2) is 0 Å². The summed E-state index contributed by atoms with van der Waals surface area (Å²) in [6.45, 7) is 11.6. The van der Waals surface area contributed by atoms with Gasteiger partial charge < -0.3 is 14.4 Å². The average molecular weight is 316 g/mol. The van der Waals surface area contributed by atoms with Crippen molar-refractivity contribution in [1.29, 1.82) is 0 Å². The van der Waals surface area contributed by atoms with E-state index in [1.54, 1.807) is 6.20 Å². The highest BCUT2D eigenvalue weighted by Gasteiger charge is 2.25. The van der Waals surface area contributed by atoms with Crippen LogP contribution in [-0.2, 0) is 4.79 Å². The summed E-state index contributed by atoms with van der Waals surface area (Å²) < 4.78 is 2.08. The fourth-order valence-electron chi connectivity index (χ4n) is 2.99. The van der Waals surface area contributed by atoms with E-state index in [-0.39, 0.29) is 11.9 Å². The minimum Gasteiger partial charge on any atom is -0.338 e. The van der Waals surface area contributed by atoms with E-state index >= 15 is 0 Å². The Morgan fingerprint density at radius 3 is 2.52 bits per heavy atom. The summed E-state index contributed by atoms with van der Waals surface area (Å²) in [4.78, 5) is 21.1. The van der Waals surface area contributed by atoms with Gasteiger partial charge in [0.05, 0.1) is 5.52 Å². The van der Waals surface area contributed by atoms with Gasteiger partial charge in [0.1, 0.15) is 6.04 Å². The standard InChI is InChI=1S/C16H22N4O.C2H6/c1-12-11-20(15-4-5-17-10-14(12)15)13(2)16(21)19-8-6-18(3)7-9-19;1-2/h4-5,10-11,13H,6-9H2,1-3H3;1-2H3. The second-order valence-electron chi connectivity index (χ2n) is 5.92. The summed E-state index contributed by atoms with van der Waals surface area (Å²) in [5.41, 5.74) is 2.24. The number of carbonyl (C=O) groups excluding carboxylic acids is 1. The third kappa shape index (κ3) is 3.55. The van der Waals surface area contributed by atoms with Crippen LogP contribution in [0.2, 0.25) is 0 Å². The Labute approximate surface area is 138 Å². The number of aromatic nitrogens is 2. The Morgan fingerprint density at radius 2 is 1.87 bits per heavy atom. The molecular weight excluding hydrogens is 288 g/mol. The minimum absolute atomic E-state index is 0.174. The zero-order chi connectivity index (χ0) is 17.0. The van der Waals surface area contributed by atoms with Crippen molar-refractivity contribution < 1.29 is 4.79 Å². The van der Waals surface area contributed by atoms with Crippen molar-refractivity contribution in [3.8, 4) is 0 Å². The van der Waals surface area contributed by atoms with Crippen LogP contribution in [0.15, 0.2) is 24.7 Å². The van der Waals surface area contributed by atoms with Crippen molar-refractivity contribution in [2.75, 3.05) is 33.2 Å². The minimum atomic E-state index is -0.174. The number of carbonyl (C=O) groups is 1. The smallest absolute Gasteiger partial charge is 0.245 e. The van der Waals surface area contributed by atoms with Crippen molar-refractivity contribution in [2.45, 2.75) is 33.7 Å². The molecule has 5 heteroatoms. The highest BCUT2D eigenvalue weighted by molar-refractivity contribution is 5.87. The third-order valence-corrected chi connectivity index (χ3v) is 4.42. The van der Waals surface area contributed by atoms with Gasteiger partial charge >= 0.3 is 0 Å². The molecule has 5 nitrogen and oxygen atoms in total. The van der Waals surface area contributed by atoms with Gasteiger partial charge in [-0.1, -0.05) is 13.8 Å². The molecule has 3 rings (SSSR count). The molecular formula is C18H28N4O. The molecule has 1 aliphatic heterocycles. The zero-order valence-corrected chi connectivity index (χ0v) is 14.9. The van der Waals surface area contributed by atoms with Crippen LogP contribution in [0.3, 0.4) is 0 Å². The van der Waals surface area contributed by atoms with E-state index in [0.29, 0.717) is 0 Å². The molecule has 1 saturated heterocycles. The Morgan fingerprint density at radius 1 is 1.22 bits per heavy atom. The number of fused-ring (bicyclic) bond motifs is 1. The number of nitrogens with zero attached hydrogens (tertiary/aromatic N) is 4. The highest BCUT2D eigenvalue weighted by Crippen LogP contribution is 2.24. The quantitative estimate of drug-likeness (QED) is 0.855. The molecule has 126 valence electrons. The van der Waals surface area contributed by atoms with Crippen LogP contribution in [0.1, 0.15) is 32.4 Å². The van der Waals surface area contributed by atoms with Gasteiger partial charge in [0, 0.05) is 50.2 Å². The SMILES string of the molecule is CC.Cc1cn(C(C)C(=O)N2CCN(C)CC2)c2ccncc12. The Hall–Kier alpha value is -1.88. The fraction of sp³-hybridized carbons (Fsp3) is 0.556. The number of piperazine rings is 1. The lowest BCUT2D eigenvalue weighted by Crippen LogP contribution is -2.48. The summed E-state index contributed by atoms with van der Waals surface area (Å²) in [5, 5.41) is 1.12. The molecule has 0 aliphatic carbocycles. The second kappa shape index (κ2) is 7.59. The first kappa shape index (κ1) is 17.5. The van der Waals surface area contributed by atoms with E-state index in [4.69, 9.17) is 0 Å². The van der Waals surface area contributed by atoms with Gasteiger partial charge in [-0.05, 0) is 32.5 Å². The zero-order valence-electron chi connectivity index (χ0n) is 14.9. The largest absolute Gasteiger partial charge is 0.338 e. The third-order valence-electron chi connectivity index (χ3n) is 4.42. The van der Waals surface area contributed by atoms with E-state index in [2.05, 4.69) is 34.6 Å². The lowest BCUT2D eigenvalue weighted by molar-refractivity contribution is -0.135. The maximum atomic E-state index is 12.7. The van der Waals surface area contributed by atoms with Crippen molar-refractivity contribution in [2.24, 2.45) is 0 Å². The first-order valence-electron chi connectivity index (χ1n) is 8.46. The van der Waals surface area contributed by atoms with Crippen LogP contribution < -0.4 is 0 Å². The van der Waals surface area contributed by atoms with Crippen molar-refractivity contribution in [1.82, 2.24) is 19.4 Å². The molecule has 1 atom stereocenters. The molecule has 0 spiro atoms. The van der Waals surface area contributed by atoms with Gasteiger partial charge in [-0.15, -0.1) is 0 Å². The van der Waals surface area contributed by atoms with Crippen LogP contribution in [0, 0.1) is 6.92 Å². The number of pyridine rings is 1. The van der Waals surface area contributed by atoms with Gasteiger partial charge in [-0.2, -0.15) is 0 Å². The van der Waals surface area contributed by atoms with E-state index in [9.17, 15) is 4.79 Å². The highest BCUT2D eigenvalue weighted by atomic mass is 16.2. The van der Waals surface area contributed by atoms with Crippen LogP contribution in [-0.4, -0.2) is 58.5 Å². The number of rotatable bonds is 2. The summed E-state index contributed by atoms with van der Waals surface area (Å²) >= 11 is 0. The summed E-state index contributed by atoms with van der Waals surface area (Å²) in [5.74, 6) is 0.205. The average Bonchev–Trinajstić information content (AvgIpc) is 2.93. The molecule has 0 saturated carbocycles. The number of aryl methyl sites for hydroxylation is 1. The van der Waals surface area contributed by atoms with Crippen LogP contribution in [0.4, 0.5) is 0 Å². The number of amides is 1. The molecule has 1 fully saturated rings. The summed E-state index contributed by atoms with van der Waals surface area (Å²) in [6, 6.07) is 1.81. The van der Waals surface area contributed by atoms with Crippen molar-refractivity contribution >= 4 is 16.8 Å². The normalized spacial score (nSPS) is 16.8. The number of hydrogen-bond acceptors (Lipinski definition) is 3. The van der Waals surface area contributed by atoms with E-state index in [0.717, 1.165) is 42.6 Å². The van der Waals surface area contributed by atoms with Gasteiger partial charge in [0.25, 0.3) is 0 Å². The summed E-state index contributed by atoms with van der Waals surface area (Å²) in [6.07, 6.45) is 5.71. The monoisotopic (exact) mass is 316 g/mol. The molecule has 2 aromatic rings. The lowest BCUT2D eigenvalue weighted by Gasteiger charge is -2.34. The maximum absolute atomic E-state index is 12.7. The van der Waals surface area contributed by atoms with E-state index < -0.39 is 0 Å². The van der Waals surface area contributed by atoms with Gasteiger partial charge in [-0.3, -0.25) is 9.78 Å². The second-order valence-corrected chi connectivity index (χ2v) is 5.92. The molecule has 1 unspecified atom stereocenters. The van der Waals surface area contributed by atoms with Crippen LogP contribution >= 0.6 is 0 Å². The maximum Gasteiger partial charge on any atom is 0.245 e. The molecule has 0 radical (unpaired) electrons. The van der Waals surface area contributed by atoms with Crippen molar-refractivity contribution in [3.05, 3.63) is 30.2 Å². The first-order valence-corrected chi connectivity index (χ1v) is 8.46. The van der Waals surface area contributed by atoms with Gasteiger partial charge in [0.2, 0.25) is 5.91 Å². The Bertz CT molecular complexity index is 656. The van der Waals surface area contributed by atoms with Crippen LogP contribution in [0.5, 0.6) is 0 Å². The molecule has 1 amide bonds. The number of hydrogen-bond donors (Lipinski definition) is 0. The molecule has 0 N–H and O–H groups in total. The first-order chi connectivity index (χ1) is 11.1. The molecule has 2 aromatic heterocycles. The molecule has 0 aromatic carbocycles. The predicted molar refractivity (Wildman–Crippen MR) is 94.6 cm³/mol. The fourth-order valence-corrected chi connectivity index (χ4v) is 2.99. The van der Waals surface area contributed by atoms with E-state index in [1.807, 2.05) is 37.9 Å². The molecule has 23 heavy (non-hydrogen) atoms. The Balaban J connectivity index is 0.000000924. The van der Waals surface area contributed by atoms with E-state index in [1.165, 1.54) is 0 Å². The topological polar surface area (TPSA) is 41.4 Å². The Kier molecular flexibility index (Phi) is 5.77. The summed E-state index contributed by atoms with van der Waals surface area (Å²) in [7, 11) is 2.10. The molecule has 0 bridgehead atoms. The lowest BCUT2D eigenvalue weighted by atomic mass is 10.2. The molecule has 3 heterocycles. The van der Waals surface area contributed by atoms with Gasteiger partial charge in [-0.25, -0.2) is 0 Å². The number of likely N-dealkylation sites (N-methyl/N-ethyl adjacent to an activating group) is 1. The molecule has 1 aliphatic rings. The predicted octanol–water partition coefficient (Wildman–Crippen LogP) is 2.71. The van der Waals surface area contributed by atoms with Crippen molar-refractivity contribution in [3.63, 3.8) is 0 Å².